The summed E-state index contributed by atoms with van der Waals surface area (Å²) in [6, 6.07) is 30.1. The summed E-state index contributed by atoms with van der Waals surface area (Å²) in [6.45, 7) is 17.1. The van der Waals surface area contributed by atoms with E-state index in [0.29, 0.717) is 17.2 Å². The van der Waals surface area contributed by atoms with Crippen LogP contribution in [0.5, 0.6) is 17.2 Å². The average molecular weight is 571 g/mol. The normalized spacial score (nSPS) is 12.7. The van der Waals surface area contributed by atoms with E-state index in [1.54, 1.807) is 48.5 Å². The fourth-order valence-corrected chi connectivity index (χ4v) is 5.91. The Morgan fingerprint density at radius 2 is 0.902 bits per heavy atom. The van der Waals surface area contributed by atoms with Crippen LogP contribution in [-0.4, -0.2) is 14.0 Å². The highest BCUT2D eigenvalue weighted by Gasteiger charge is 2.25. The van der Waals surface area contributed by atoms with Crippen LogP contribution >= 0.6 is 0 Å². The maximum Gasteiger partial charge on any atom is 0.206 e. The second-order valence-corrected chi connectivity index (χ2v) is 14.7. The van der Waals surface area contributed by atoms with E-state index in [4.69, 9.17) is 9.47 Å². The van der Waals surface area contributed by atoms with Crippen LogP contribution < -0.4 is 9.47 Å². The number of hydrogen-bond donors (Lipinski definition) is 0. The largest absolute Gasteiger partial charge is 0.488 e. The van der Waals surface area contributed by atoms with E-state index in [2.05, 4.69) is 71.0 Å². The molecule has 0 saturated heterocycles. The highest BCUT2D eigenvalue weighted by atomic mass is 32.2. The van der Waals surface area contributed by atoms with Crippen molar-refractivity contribution in [3.05, 3.63) is 114 Å². The first-order valence-electron chi connectivity index (χ1n) is 14.2. The van der Waals surface area contributed by atoms with Gasteiger partial charge in [0, 0.05) is 5.41 Å². The van der Waals surface area contributed by atoms with Crippen molar-refractivity contribution in [1.82, 2.24) is 0 Å². The van der Waals surface area contributed by atoms with Crippen molar-refractivity contribution >= 4 is 9.84 Å². The molecule has 0 saturated carbocycles. The second-order valence-electron chi connectivity index (χ2n) is 12.7. The Bertz CT molecular complexity index is 1560. The molecule has 5 heteroatoms. The number of hydrogen-bond acceptors (Lipinski definition) is 4. The van der Waals surface area contributed by atoms with Crippen molar-refractivity contribution in [2.75, 3.05) is 0 Å². The third-order valence-electron chi connectivity index (χ3n) is 7.78. The van der Waals surface area contributed by atoms with E-state index in [1.807, 2.05) is 32.9 Å². The van der Waals surface area contributed by atoms with Crippen molar-refractivity contribution in [3.8, 4) is 17.2 Å². The third kappa shape index (κ3) is 7.02. The Labute approximate surface area is 246 Å². The van der Waals surface area contributed by atoms with Gasteiger partial charge in [0.1, 0.15) is 22.8 Å². The molecule has 41 heavy (non-hydrogen) atoms. The summed E-state index contributed by atoms with van der Waals surface area (Å²) in [5.41, 5.74) is 3.44. The van der Waals surface area contributed by atoms with Crippen LogP contribution in [-0.2, 0) is 20.7 Å². The van der Waals surface area contributed by atoms with Crippen LogP contribution in [0.1, 0.15) is 78.5 Å². The fourth-order valence-electron chi connectivity index (χ4n) is 4.65. The summed E-state index contributed by atoms with van der Waals surface area (Å²) in [7, 11) is -3.66. The second kappa shape index (κ2) is 11.4. The standard InChI is InChI=1S/C36H42O4S/c1-9-35(5,6)26-10-12-27(13-11-26)36(7,8)28-14-16-29(17-15-28)39-30-18-22-32(23-19-30)41(37,38)33-24-20-31(21-25-33)40-34(2,3)4/h10-25H,9H2,1-8H3. The minimum absolute atomic E-state index is 0.164. The fraction of sp³-hybridized carbons (Fsp3) is 0.333. The molecule has 0 aliphatic heterocycles. The molecule has 0 unspecified atom stereocenters. The first-order valence-corrected chi connectivity index (χ1v) is 15.6. The molecule has 4 nitrogen and oxygen atoms in total. The van der Waals surface area contributed by atoms with Gasteiger partial charge in [-0.25, -0.2) is 8.42 Å². The summed E-state index contributed by atoms with van der Waals surface area (Å²) < 4.78 is 38.1. The molecule has 0 amide bonds. The van der Waals surface area contributed by atoms with Gasteiger partial charge < -0.3 is 9.47 Å². The topological polar surface area (TPSA) is 52.6 Å². The van der Waals surface area contributed by atoms with Crippen molar-refractivity contribution < 1.29 is 17.9 Å². The van der Waals surface area contributed by atoms with Crippen LogP contribution in [0.15, 0.2) is 107 Å². The summed E-state index contributed by atoms with van der Waals surface area (Å²) in [5, 5.41) is 0. The minimum atomic E-state index is -3.66. The molecule has 0 heterocycles. The van der Waals surface area contributed by atoms with E-state index in [1.165, 1.54) is 16.7 Å². The first kappa shape index (κ1) is 30.4. The Kier molecular flexibility index (Phi) is 8.42. The molecule has 4 aromatic rings. The van der Waals surface area contributed by atoms with Crippen LogP contribution in [0, 0.1) is 0 Å². The SMILES string of the molecule is CCC(C)(C)c1ccc(C(C)(C)c2ccc(Oc3ccc(S(=O)(=O)c4ccc(OC(C)(C)C)cc4)cc3)cc2)cc1. The average Bonchev–Trinajstić information content (AvgIpc) is 2.93. The third-order valence-corrected chi connectivity index (χ3v) is 9.56. The van der Waals surface area contributed by atoms with Gasteiger partial charge in [-0.15, -0.1) is 0 Å². The summed E-state index contributed by atoms with van der Waals surface area (Å²) in [5.74, 6) is 1.89. The molecule has 0 aliphatic carbocycles. The lowest BCUT2D eigenvalue weighted by Crippen LogP contribution is -2.22. The molecule has 0 fully saturated rings. The van der Waals surface area contributed by atoms with Crippen LogP contribution in [0.4, 0.5) is 0 Å². The van der Waals surface area contributed by atoms with Crippen LogP contribution in [0.3, 0.4) is 0 Å². The van der Waals surface area contributed by atoms with Crippen molar-refractivity contribution in [1.29, 1.82) is 0 Å². The number of ether oxygens (including phenoxy) is 2. The van der Waals surface area contributed by atoms with Crippen LogP contribution in [0.2, 0.25) is 0 Å². The van der Waals surface area contributed by atoms with Gasteiger partial charge in [0.25, 0.3) is 0 Å². The van der Waals surface area contributed by atoms with E-state index in [0.717, 1.165) is 6.42 Å². The van der Waals surface area contributed by atoms with Gasteiger partial charge in [0.15, 0.2) is 0 Å². The van der Waals surface area contributed by atoms with E-state index in [9.17, 15) is 8.42 Å². The lowest BCUT2D eigenvalue weighted by Gasteiger charge is -2.28. The van der Waals surface area contributed by atoms with Gasteiger partial charge in [-0.05, 0) is 110 Å². The molecule has 4 rings (SSSR count). The maximum atomic E-state index is 13.1. The predicted octanol–water partition coefficient (Wildman–Crippen LogP) is 9.50. The molecule has 0 spiro atoms. The Morgan fingerprint density at radius 3 is 1.32 bits per heavy atom. The molecule has 0 radical (unpaired) electrons. The van der Waals surface area contributed by atoms with Gasteiger partial charge in [-0.3, -0.25) is 0 Å². The molecule has 0 N–H and O–H groups in total. The van der Waals surface area contributed by atoms with Crippen molar-refractivity contribution in [2.45, 2.75) is 88.0 Å². The Balaban J connectivity index is 1.45. The van der Waals surface area contributed by atoms with Gasteiger partial charge in [0.05, 0.1) is 9.79 Å². The summed E-state index contributed by atoms with van der Waals surface area (Å²) in [6.07, 6.45) is 1.09. The number of rotatable bonds is 9. The van der Waals surface area contributed by atoms with E-state index in [-0.39, 0.29) is 26.2 Å². The molecule has 216 valence electrons. The lowest BCUT2D eigenvalue weighted by molar-refractivity contribution is 0.131. The zero-order chi connectivity index (χ0) is 30.1. The lowest BCUT2D eigenvalue weighted by atomic mass is 9.76. The van der Waals surface area contributed by atoms with Gasteiger partial charge in [-0.1, -0.05) is 71.0 Å². The number of benzene rings is 4. The van der Waals surface area contributed by atoms with Crippen molar-refractivity contribution in [3.63, 3.8) is 0 Å². The predicted molar refractivity (Wildman–Crippen MR) is 167 cm³/mol. The smallest absolute Gasteiger partial charge is 0.206 e. The monoisotopic (exact) mass is 570 g/mol. The minimum Gasteiger partial charge on any atom is -0.488 e. The molecular formula is C36H42O4S. The molecular weight excluding hydrogens is 528 g/mol. The molecule has 0 bridgehead atoms. The quantitative estimate of drug-likeness (QED) is 0.201. The van der Waals surface area contributed by atoms with Crippen molar-refractivity contribution in [2.24, 2.45) is 0 Å². The zero-order valence-corrected chi connectivity index (χ0v) is 26.3. The Morgan fingerprint density at radius 1 is 0.537 bits per heavy atom. The maximum absolute atomic E-state index is 13.1. The number of sulfone groups is 1. The summed E-state index contributed by atoms with van der Waals surface area (Å²) >= 11 is 0. The van der Waals surface area contributed by atoms with Crippen LogP contribution in [0.25, 0.3) is 0 Å². The molecule has 0 atom stereocenters. The molecule has 4 aromatic carbocycles. The molecule has 0 aromatic heterocycles. The first-order chi connectivity index (χ1) is 19.1. The highest BCUT2D eigenvalue weighted by Crippen LogP contribution is 2.35. The van der Waals surface area contributed by atoms with Gasteiger partial charge >= 0.3 is 0 Å². The van der Waals surface area contributed by atoms with E-state index < -0.39 is 9.84 Å². The summed E-state index contributed by atoms with van der Waals surface area (Å²) in [4.78, 5) is 0.425. The highest BCUT2D eigenvalue weighted by molar-refractivity contribution is 7.91. The van der Waals surface area contributed by atoms with E-state index >= 15 is 0 Å². The Hall–Kier alpha value is -3.57. The molecule has 0 aliphatic rings. The zero-order valence-electron chi connectivity index (χ0n) is 25.5. The van der Waals surface area contributed by atoms with Gasteiger partial charge in [-0.2, -0.15) is 0 Å². The van der Waals surface area contributed by atoms with Gasteiger partial charge in [0.2, 0.25) is 9.84 Å².